The van der Waals surface area contributed by atoms with E-state index in [4.69, 9.17) is 0 Å². The standard InChI is InChI=1S/C11H11F3N2OS/c1-10(17,11(12,13)14)9-15-7(6-18-9)8-4-3-5-16(8)2/h3-6,17H,1-2H3. The number of aliphatic hydroxyl groups is 1. The van der Waals surface area contributed by atoms with Crippen LogP contribution in [0.15, 0.2) is 23.7 Å². The normalized spacial score (nSPS) is 15.7. The van der Waals surface area contributed by atoms with Gasteiger partial charge in [0, 0.05) is 18.6 Å². The molecule has 0 aliphatic rings. The minimum absolute atomic E-state index is 0.355. The van der Waals surface area contributed by atoms with Crippen LogP contribution in [0.4, 0.5) is 13.2 Å². The van der Waals surface area contributed by atoms with Crippen molar-refractivity contribution in [1.29, 1.82) is 0 Å². The Bertz CT molecular complexity index is 557. The number of nitrogens with zero attached hydrogens (tertiary/aromatic N) is 2. The molecular formula is C11H11F3N2OS. The first-order chi connectivity index (χ1) is 8.23. The molecule has 0 saturated heterocycles. The Morgan fingerprint density at radius 2 is 2.06 bits per heavy atom. The summed E-state index contributed by atoms with van der Waals surface area (Å²) in [7, 11) is 1.77. The zero-order valence-electron chi connectivity index (χ0n) is 9.69. The van der Waals surface area contributed by atoms with Gasteiger partial charge in [0.15, 0.2) is 0 Å². The monoisotopic (exact) mass is 276 g/mol. The van der Waals surface area contributed by atoms with Crippen molar-refractivity contribution in [3.05, 3.63) is 28.7 Å². The molecule has 0 saturated carbocycles. The second kappa shape index (κ2) is 4.10. The van der Waals surface area contributed by atoms with Gasteiger partial charge in [-0.15, -0.1) is 11.3 Å². The lowest BCUT2D eigenvalue weighted by Gasteiger charge is -2.23. The number of alkyl halides is 3. The van der Waals surface area contributed by atoms with Crippen LogP contribution in [0.25, 0.3) is 11.4 Å². The third-order valence-electron chi connectivity index (χ3n) is 2.68. The summed E-state index contributed by atoms with van der Waals surface area (Å²) in [6, 6.07) is 3.53. The van der Waals surface area contributed by atoms with Crippen molar-refractivity contribution in [1.82, 2.24) is 9.55 Å². The maximum absolute atomic E-state index is 12.7. The van der Waals surface area contributed by atoms with Crippen LogP contribution in [0.3, 0.4) is 0 Å². The molecule has 0 aliphatic heterocycles. The topological polar surface area (TPSA) is 38.0 Å². The highest BCUT2D eigenvalue weighted by molar-refractivity contribution is 7.10. The highest BCUT2D eigenvalue weighted by Crippen LogP contribution is 2.40. The van der Waals surface area contributed by atoms with Crippen LogP contribution in [0.1, 0.15) is 11.9 Å². The van der Waals surface area contributed by atoms with Crippen molar-refractivity contribution in [2.75, 3.05) is 0 Å². The molecule has 7 heteroatoms. The Morgan fingerprint density at radius 1 is 1.39 bits per heavy atom. The van der Waals surface area contributed by atoms with E-state index in [1.807, 2.05) is 0 Å². The van der Waals surface area contributed by atoms with Crippen molar-refractivity contribution in [2.45, 2.75) is 18.7 Å². The lowest BCUT2D eigenvalue weighted by atomic mass is 10.1. The molecule has 0 amide bonds. The molecule has 98 valence electrons. The first kappa shape index (κ1) is 13.1. The van der Waals surface area contributed by atoms with Gasteiger partial charge in [-0.2, -0.15) is 13.2 Å². The number of hydrogen-bond donors (Lipinski definition) is 1. The third kappa shape index (κ3) is 2.04. The van der Waals surface area contributed by atoms with E-state index in [2.05, 4.69) is 4.98 Å². The predicted octanol–water partition coefficient (Wildman–Crippen LogP) is 2.92. The summed E-state index contributed by atoms with van der Waals surface area (Å²) in [5.41, 5.74) is -1.79. The van der Waals surface area contributed by atoms with Crippen LogP contribution < -0.4 is 0 Å². The fourth-order valence-corrected chi connectivity index (χ4v) is 2.36. The van der Waals surface area contributed by atoms with E-state index in [0.29, 0.717) is 18.3 Å². The van der Waals surface area contributed by atoms with E-state index in [1.54, 1.807) is 29.9 Å². The fourth-order valence-electron chi connectivity index (χ4n) is 1.46. The molecule has 1 N–H and O–H groups in total. The van der Waals surface area contributed by atoms with Gasteiger partial charge in [0.05, 0.1) is 11.4 Å². The molecular weight excluding hydrogens is 265 g/mol. The Balaban J connectivity index is 2.41. The van der Waals surface area contributed by atoms with Crippen LogP contribution in [-0.4, -0.2) is 20.8 Å². The van der Waals surface area contributed by atoms with Crippen molar-refractivity contribution < 1.29 is 18.3 Å². The van der Waals surface area contributed by atoms with E-state index in [1.165, 1.54) is 5.38 Å². The fraction of sp³-hybridized carbons (Fsp3) is 0.364. The molecule has 2 heterocycles. The molecule has 0 bridgehead atoms. The van der Waals surface area contributed by atoms with Gasteiger partial charge in [-0.25, -0.2) is 4.98 Å². The average molecular weight is 276 g/mol. The maximum Gasteiger partial charge on any atom is 0.423 e. The molecule has 0 fully saturated rings. The van der Waals surface area contributed by atoms with E-state index < -0.39 is 11.8 Å². The van der Waals surface area contributed by atoms with Crippen LogP contribution in [-0.2, 0) is 12.6 Å². The molecule has 0 aromatic carbocycles. The van der Waals surface area contributed by atoms with E-state index in [0.717, 1.165) is 11.3 Å². The second-order valence-corrected chi connectivity index (χ2v) is 4.97. The summed E-state index contributed by atoms with van der Waals surface area (Å²) in [6.07, 6.45) is -2.97. The van der Waals surface area contributed by atoms with E-state index in [9.17, 15) is 18.3 Å². The number of halogens is 3. The summed E-state index contributed by atoms with van der Waals surface area (Å²) in [6.45, 7) is 0.709. The molecule has 2 aromatic rings. The zero-order valence-corrected chi connectivity index (χ0v) is 10.5. The maximum atomic E-state index is 12.7. The van der Waals surface area contributed by atoms with Gasteiger partial charge < -0.3 is 9.67 Å². The van der Waals surface area contributed by atoms with E-state index >= 15 is 0 Å². The average Bonchev–Trinajstić information content (AvgIpc) is 2.83. The Kier molecular flexibility index (Phi) is 2.98. The van der Waals surface area contributed by atoms with Gasteiger partial charge in [-0.3, -0.25) is 0 Å². The lowest BCUT2D eigenvalue weighted by molar-refractivity contribution is -0.258. The summed E-state index contributed by atoms with van der Waals surface area (Å²) in [5, 5.41) is 10.7. The highest BCUT2D eigenvalue weighted by Gasteiger charge is 2.53. The Morgan fingerprint density at radius 3 is 2.56 bits per heavy atom. The van der Waals surface area contributed by atoms with Crippen molar-refractivity contribution >= 4 is 11.3 Å². The SMILES string of the molecule is Cn1cccc1-c1csc(C(C)(O)C(F)(F)F)n1. The number of aromatic nitrogens is 2. The number of aryl methyl sites for hydroxylation is 1. The van der Waals surface area contributed by atoms with Gasteiger partial charge in [0.1, 0.15) is 5.01 Å². The van der Waals surface area contributed by atoms with E-state index in [-0.39, 0.29) is 5.01 Å². The molecule has 1 atom stereocenters. The molecule has 0 aliphatic carbocycles. The van der Waals surface area contributed by atoms with Crippen LogP contribution in [0.5, 0.6) is 0 Å². The smallest absolute Gasteiger partial charge is 0.375 e. The van der Waals surface area contributed by atoms with Crippen LogP contribution >= 0.6 is 11.3 Å². The zero-order chi connectivity index (χ0) is 13.6. The van der Waals surface area contributed by atoms with Gasteiger partial charge in [-0.1, -0.05) is 0 Å². The largest absolute Gasteiger partial charge is 0.423 e. The minimum Gasteiger partial charge on any atom is -0.375 e. The minimum atomic E-state index is -4.74. The summed E-state index contributed by atoms with van der Waals surface area (Å²) in [4.78, 5) is 3.88. The van der Waals surface area contributed by atoms with Gasteiger partial charge in [0.25, 0.3) is 0 Å². The van der Waals surface area contributed by atoms with Crippen molar-refractivity contribution in [3.63, 3.8) is 0 Å². The molecule has 18 heavy (non-hydrogen) atoms. The van der Waals surface area contributed by atoms with Crippen molar-refractivity contribution in [3.8, 4) is 11.4 Å². The molecule has 0 radical (unpaired) electrons. The van der Waals surface area contributed by atoms with Crippen molar-refractivity contribution in [2.24, 2.45) is 7.05 Å². The quantitative estimate of drug-likeness (QED) is 0.915. The van der Waals surface area contributed by atoms with Crippen LogP contribution in [0.2, 0.25) is 0 Å². The highest BCUT2D eigenvalue weighted by atomic mass is 32.1. The third-order valence-corrected chi connectivity index (χ3v) is 3.73. The van der Waals surface area contributed by atoms with Crippen LogP contribution in [0, 0.1) is 0 Å². The lowest BCUT2D eigenvalue weighted by Crippen LogP contribution is -2.39. The number of rotatable bonds is 2. The summed E-state index contributed by atoms with van der Waals surface area (Å²) < 4.78 is 39.7. The van der Waals surface area contributed by atoms with Gasteiger partial charge >= 0.3 is 6.18 Å². The Hall–Kier alpha value is -1.34. The first-order valence-electron chi connectivity index (χ1n) is 5.10. The molecule has 3 nitrogen and oxygen atoms in total. The van der Waals surface area contributed by atoms with Gasteiger partial charge in [-0.05, 0) is 19.1 Å². The first-order valence-corrected chi connectivity index (χ1v) is 5.98. The number of thiazole rings is 1. The Labute approximate surface area is 106 Å². The summed E-state index contributed by atoms with van der Waals surface area (Å²) >= 11 is 0.796. The van der Waals surface area contributed by atoms with Gasteiger partial charge in [0.2, 0.25) is 5.60 Å². The summed E-state index contributed by atoms with van der Waals surface area (Å²) in [5.74, 6) is 0. The predicted molar refractivity (Wildman–Crippen MR) is 62.1 cm³/mol. The molecule has 2 rings (SSSR count). The molecule has 2 aromatic heterocycles. The number of hydrogen-bond acceptors (Lipinski definition) is 3. The second-order valence-electron chi connectivity index (χ2n) is 4.11. The molecule has 0 spiro atoms. The molecule has 1 unspecified atom stereocenters.